The molecule has 1 aromatic heterocycles. The molecule has 0 aliphatic heterocycles. The molecule has 0 aliphatic carbocycles. The van der Waals surface area contributed by atoms with Gasteiger partial charge < -0.3 is 11.1 Å². The Morgan fingerprint density at radius 3 is 2.68 bits per heavy atom. The molecule has 0 saturated heterocycles. The third kappa shape index (κ3) is 3.84. The molecule has 0 unspecified atom stereocenters. The van der Waals surface area contributed by atoms with Crippen molar-refractivity contribution in [1.29, 1.82) is 0 Å². The van der Waals surface area contributed by atoms with Crippen LogP contribution in [0.15, 0.2) is 35.4 Å². The maximum absolute atomic E-state index is 11.9. The Morgan fingerprint density at radius 2 is 2.05 bits per heavy atom. The second kappa shape index (κ2) is 6.59. The van der Waals surface area contributed by atoms with Gasteiger partial charge in [0, 0.05) is 17.4 Å². The summed E-state index contributed by atoms with van der Waals surface area (Å²) in [4.78, 5) is 38.0. The summed E-state index contributed by atoms with van der Waals surface area (Å²) in [5.41, 5.74) is 4.79. The molecular formula is C13H10Cl2N4O3. The lowest BCUT2D eigenvalue weighted by molar-refractivity contribution is -0.116. The van der Waals surface area contributed by atoms with Gasteiger partial charge in [0.15, 0.2) is 0 Å². The van der Waals surface area contributed by atoms with Gasteiger partial charge in [-0.05, 0) is 18.2 Å². The van der Waals surface area contributed by atoms with Crippen molar-refractivity contribution in [2.24, 2.45) is 5.73 Å². The van der Waals surface area contributed by atoms with E-state index >= 15 is 0 Å². The topological polar surface area (TPSA) is 107 Å². The van der Waals surface area contributed by atoms with Gasteiger partial charge in [-0.1, -0.05) is 23.2 Å². The number of carbonyl (C=O) groups excluding carboxylic acids is 2. The van der Waals surface area contributed by atoms with E-state index in [4.69, 9.17) is 28.9 Å². The van der Waals surface area contributed by atoms with Crippen LogP contribution in [0.4, 0.5) is 5.69 Å². The zero-order valence-corrected chi connectivity index (χ0v) is 12.6. The van der Waals surface area contributed by atoms with Gasteiger partial charge in [0.1, 0.15) is 6.54 Å². The van der Waals surface area contributed by atoms with Crippen LogP contribution in [-0.4, -0.2) is 21.4 Å². The molecule has 1 aromatic carbocycles. The molecule has 114 valence electrons. The number of aromatic nitrogens is 2. The number of primary amides is 1. The number of rotatable bonds is 4. The highest BCUT2D eigenvalue weighted by Gasteiger charge is 2.10. The summed E-state index contributed by atoms with van der Waals surface area (Å²) in [6, 6.07) is 4.56. The van der Waals surface area contributed by atoms with E-state index in [-0.39, 0.29) is 17.1 Å². The highest BCUT2D eigenvalue weighted by Crippen LogP contribution is 2.25. The maximum atomic E-state index is 11.9. The van der Waals surface area contributed by atoms with Crippen LogP contribution in [0, 0.1) is 0 Å². The van der Waals surface area contributed by atoms with Gasteiger partial charge >= 0.3 is 5.69 Å². The number of hydrogen-bond acceptors (Lipinski definition) is 4. The molecular weight excluding hydrogens is 331 g/mol. The van der Waals surface area contributed by atoms with E-state index in [1.807, 2.05) is 0 Å². The van der Waals surface area contributed by atoms with Gasteiger partial charge in [-0.3, -0.25) is 14.2 Å². The molecule has 7 nitrogen and oxygen atoms in total. The van der Waals surface area contributed by atoms with Crippen LogP contribution in [0.1, 0.15) is 10.4 Å². The van der Waals surface area contributed by atoms with Crippen LogP contribution in [-0.2, 0) is 11.3 Å². The first-order valence-electron chi connectivity index (χ1n) is 5.98. The number of hydrogen-bond donors (Lipinski definition) is 2. The largest absolute Gasteiger partial charge is 0.366 e. The average molecular weight is 341 g/mol. The van der Waals surface area contributed by atoms with Crippen molar-refractivity contribution in [2.45, 2.75) is 6.54 Å². The predicted molar refractivity (Wildman–Crippen MR) is 82.1 cm³/mol. The minimum atomic E-state index is -0.748. The first-order valence-corrected chi connectivity index (χ1v) is 6.73. The summed E-state index contributed by atoms with van der Waals surface area (Å²) in [6.45, 7) is -0.341. The quantitative estimate of drug-likeness (QED) is 0.874. The number of benzene rings is 1. The lowest BCUT2D eigenvalue weighted by atomic mass is 10.3. The number of nitrogens with two attached hydrogens (primary N) is 1. The number of anilines is 1. The van der Waals surface area contributed by atoms with Crippen LogP contribution < -0.4 is 16.7 Å². The molecule has 0 atom stereocenters. The highest BCUT2D eigenvalue weighted by molar-refractivity contribution is 6.36. The lowest BCUT2D eigenvalue weighted by Crippen LogP contribution is -2.30. The number of nitrogens with one attached hydrogen (secondary N) is 1. The highest BCUT2D eigenvalue weighted by atomic mass is 35.5. The zero-order valence-electron chi connectivity index (χ0n) is 11.0. The second-order valence-electron chi connectivity index (χ2n) is 4.29. The fraction of sp³-hybridized carbons (Fsp3) is 0.0769. The van der Waals surface area contributed by atoms with Crippen LogP contribution in [0.3, 0.4) is 0 Å². The van der Waals surface area contributed by atoms with E-state index in [2.05, 4.69) is 10.3 Å². The first-order chi connectivity index (χ1) is 10.4. The second-order valence-corrected chi connectivity index (χ2v) is 5.13. The maximum Gasteiger partial charge on any atom is 0.348 e. The third-order valence-corrected chi connectivity index (χ3v) is 3.21. The van der Waals surface area contributed by atoms with Gasteiger partial charge in [-0.2, -0.15) is 0 Å². The molecule has 1 heterocycles. The van der Waals surface area contributed by atoms with E-state index in [0.29, 0.717) is 10.7 Å². The van der Waals surface area contributed by atoms with Crippen LogP contribution in [0.25, 0.3) is 0 Å². The van der Waals surface area contributed by atoms with Gasteiger partial charge in [0.05, 0.1) is 16.3 Å². The standard InChI is InChI=1S/C13H10Cl2N4O3/c14-8-1-2-10(9(15)3-8)18-11(20)6-19-5-7(12(16)21)4-17-13(19)22/h1-5H,6H2,(H2,16,21)(H,18,20). The Bertz CT molecular complexity index is 804. The number of carbonyl (C=O) groups is 2. The Labute approximate surface area is 134 Å². The zero-order chi connectivity index (χ0) is 16.3. The Morgan fingerprint density at radius 1 is 1.32 bits per heavy atom. The molecule has 0 radical (unpaired) electrons. The molecule has 2 amide bonds. The van der Waals surface area contributed by atoms with Gasteiger partial charge in [-0.15, -0.1) is 0 Å². The Balaban J connectivity index is 2.17. The van der Waals surface area contributed by atoms with Crippen molar-refractivity contribution in [1.82, 2.24) is 9.55 Å². The molecule has 0 fully saturated rings. The predicted octanol–water partition coefficient (Wildman–Crippen LogP) is 1.29. The lowest BCUT2D eigenvalue weighted by Gasteiger charge is -2.09. The number of halogens is 2. The summed E-state index contributed by atoms with van der Waals surface area (Å²) in [5, 5.41) is 3.22. The summed E-state index contributed by atoms with van der Waals surface area (Å²) in [6.07, 6.45) is 2.22. The smallest absolute Gasteiger partial charge is 0.348 e. The number of amides is 2. The van der Waals surface area contributed by atoms with Crippen LogP contribution in [0.5, 0.6) is 0 Å². The molecule has 9 heteroatoms. The van der Waals surface area contributed by atoms with E-state index in [1.165, 1.54) is 18.3 Å². The molecule has 3 N–H and O–H groups in total. The SMILES string of the molecule is NC(=O)c1cnc(=O)n(CC(=O)Nc2ccc(Cl)cc2Cl)c1. The monoisotopic (exact) mass is 340 g/mol. The van der Waals surface area contributed by atoms with E-state index < -0.39 is 17.5 Å². The normalized spacial score (nSPS) is 10.3. The molecule has 2 aromatic rings. The third-order valence-electron chi connectivity index (χ3n) is 2.66. The van der Waals surface area contributed by atoms with Crippen molar-refractivity contribution in [3.8, 4) is 0 Å². The van der Waals surface area contributed by atoms with Crippen molar-refractivity contribution < 1.29 is 9.59 Å². The Hall–Kier alpha value is -2.38. The van der Waals surface area contributed by atoms with E-state index in [1.54, 1.807) is 6.07 Å². The van der Waals surface area contributed by atoms with Crippen LogP contribution >= 0.6 is 23.2 Å². The fourth-order valence-corrected chi connectivity index (χ4v) is 2.09. The van der Waals surface area contributed by atoms with Crippen molar-refractivity contribution >= 4 is 40.7 Å². The van der Waals surface area contributed by atoms with Gasteiger partial charge in [0.2, 0.25) is 5.91 Å². The van der Waals surface area contributed by atoms with Gasteiger partial charge in [0.25, 0.3) is 5.91 Å². The van der Waals surface area contributed by atoms with E-state index in [0.717, 1.165) is 10.8 Å². The minimum Gasteiger partial charge on any atom is -0.366 e. The summed E-state index contributed by atoms with van der Waals surface area (Å²) >= 11 is 11.7. The van der Waals surface area contributed by atoms with Crippen LogP contribution in [0.2, 0.25) is 10.0 Å². The summed E-state index contributed by atoms with van der Waals surface area (Å²) in [7, 11) is 0. The average Bonchev–Trinajstić information content (AvgIpc) is 2.44. The molecule has 0 saturated carbocycles. The Kier molecular flexibility index (Phi) is 4.79. The molecule has 22 heavy (non-hydrogen) atoms. The fourth-order valence-electron chi connectivity index (χ4n) is 1.63. The molecule has 0 spiro atoms. The van der Waals surface area contributed by atoms with Crippen molar-refractivity contribution in [3.63, 3.8) is 0 Å². The summed E-state index contributed by atoms with van der Waals surface area (Å²) in [5.74, 6) is -1.27. The molecule has 2 rings (SSSR count). The van der Waals surface area contributed by atoms with Gasteiger partial charge in [-0.25, -0.2) is 9.78 Å². The van der Waals surface area contributed by atoms with Crippen molar-refractivity contribution in [3.05, 3.63) is 56.7 Å². The minimum absolute atomic E-state index is 0.0249. The number of nitrogens with zero attached hydrogens (tertiary/aromatic N) is 2. The molecule has 0 aliphatic rings. The first kappa shape index (κ1) is 16.0. The summed E-state index contributed by atoms with van der Waals surface area (Å²) < 4.78 is 0.971. The molecule has 0 bridgehead atoms. The van der Waals surface area contributed by atoms with E-state index in [9.17, 15) is 14.4 Å². The van der Waals surface area contributed by atoms with Crippen molar-refractivity contribution in [2.75, 3.05) is 5.32 Å².